The first kappa shape index (κ1) is 17.6. The maximum absolute atomic E-state index is 10.5. The molecule has 0 amide bonds. The molecule has 0 aliphatic rings. The van der Waals surface area contributed by atoms with E-state index in [1.165, 1.54) is 0 Å². The predicted molar refractivity (Wildman–Crippen MR) is 69.8 cm³/mol. The largest absolute Gasteiger partial charge is 0.330 e. The van der Waals surface area contributed by atoms with Gasteiger partial charge in [0.2, 0.25) is 0 Å². The van der Waals surface area contributed by atoms with Crippen molar-refractivity contribution < 1.29 is 8.42 Å². The Balaban J connectivity index is 0. The summed E-state index contributed by atoms with van der Waals surface area (Å²) in [5.41, 5.74) is 10.4. The average molecular weight is 256 g/mol. The standard InChI is InChI=1S/C5H13NOS.C4H11NOS/c1-5(3-6)4-8(2)7;1-7(6)4-2-3-5/h5H,3-4,6H2,1-2H3;2-5H2,1H3. The molecular weight excluding hydrogens is 232 g/mol. The smallest absolute Gasteiger partial charge is 0.0269 e. The van der Waals surface area contributed by atoms with Gasteiger partial charge in [0.25, 0.3) is 0 Å². The van der Waals surface area contributed by atoms with Crippen molar-refractivity contribution in [3.63, 3.8) is 0 Å². The van der Waals surface area contributed by atoms with E-state index in [0.29, 0.717) is 19.0 Å². The molecule has 4 N–H and O–H groups in total. The molecule has 0 saturated heterocycles. The second-order valence-electron chi connectivity index (χ2n) is 3.50. The molecule has 0 bridgehead atoms. The Labute approximate surface area is 98.1 Å². The molecule has 94 valence electrons. The molecule has 0 saturated carbocycles. The fourth-order valence-corrected chi connectivity index (χ4v) is 2.27. The van der Waals surface area contributed by atoms with Gasteiger partial charge in [-0.15, -0.1) is 0 Å². The number of hydrogen-bond acceptors (Lipinski definition) is 4. The summed E-state index contributed by atoms with van der Waals surface area (Å²) in [6, 6.07) is 0. The lowest BCUT2D eigenvalue weighted by atomic mass is 10.2. The molecule has 0 aromatic carbocycles. The molecule has 0 aromatic heterocycles. The van der Waals surface area contributed by atoms with Crippen molar-refractivity contribution in [3.05, 3.63) is 0 Å². The highest BCUT2D eigenvalue weighted by Crippen LogP contribution is 1.91. The first-order valence-corrected chi connectivity index (χ1v) is 8.39. The normalized spacial score (nSPS) is 16.1. The lowest BCUT2D eigenvalue weighted by molar-refractivity contribution is 0.644. The molecule has 0 rings (SSSR count). The third-order valence-electron chi connectivity index (χ3n) is 1.56. The number of hydrogen-bond donors (Lipinski definition) is 2. The molecule has 0 spiro atoms. The summed E-state index contributed by atoms with van der Waals surface area (Å²) in [5, 5.41) is 0. The van der Waals surface area contributed by atoms with Crippen LogP contribution in [0.4, 0.5) is 0 Å². The highest BCUT2D eigenvalue weighted by Gasteiger charge is 1.99. The molecule has 3 atom stereocenters. The molecule has 4 nitrogen and oxygen atoms in total. The minimum absolute atomic E-state index is 0.404. The Bertz CT molecular complexity index is 189. The quantitative estimate of drug-likeness (QED) is 0.681. The van der Waals surface area contributed by atoms with Crippen LogP contribution >= 0.6 is 0 Å². The first-order valence-electron chi connectivity index (χ1n) is 4.94. The van der Waals surface area contributed by atoms with Gasteiger partial charge in [0.15, 0.2) is 0 Å². The minimum Gasteiger partial charge on any atom is -0.330 e. The number of nitrogens with two attached hydrogens (primary N) is 2. The lowest BCUT2D eigenvalue weighted by Gasteiger charge is -2.02. The van der Waals surface area contributed by atoms with Gasteiger partial charge in [0, 0.05) is 45.6 Å². The van der Waals surface area contributed by atoms with Crippen molar-refractivity contribution in [2.75, 3.05) is 37.1 Å². The van der Waals surface area contributed by atoms with Crippen molar-refractivity contribution in [1.82, 2.24) is 0 Å². The fraction of sp³-hybridized carbons (Fsp3) is 1.00. The summed E-state index contributed by atoms with van der Waals surface area (Å²) >= 11 is 0. The van der Waals surface area contributed by atoms with Crippen molar-refractivity contribution in [2.24, 2.45) is 17.4 Å². The van der Waals surface area contributed by atoms with Crippen molar-refractivity contribution in [3.8, 4) is 0 Å². The SMILES string of the molecule is CC(CN)CS(C)=O.CS(=O)CCCN. The van der Waals surface area contributed by atoms with E-state index in [1.807, 2.05) is 6.92 Å². The van der Waals surface area contributed by atoms with Crippen molar-refractivity contribution in [1.29, 1.82) is 0 Å². The van der Waals surface area contributed by atoms with E-state index in [9.17, 15) is 8.42 Å². The van der Waals surface area contributed by atoms with Gasteiger partial charge >= 0.3 is 0 Å². The maximum atomic E-state index is 10.5. The van der Waals surface area contributed by atoms with Gasteiger partial charge in [-0.1, -0.05) is 6.92 Å². The summed E-state index contributed by atoms with van der Waals surface area (Å²) in [6.45, 7) is 3.29. The van der Waals surface area contributed by atoms with Gasteiger partial charge in [0.1, 0.15) is 0 Å². The molecule has 0 aromatic rings. The average Bonchev–Trinajstić information content (AvgIpc) is 2.14. The van der Waals surface area contributed by atoms with E-state index in [4.69, 9.17) is 11.5 Å². The van der Waals surface area contributed by atoms with Crippen LogP contribution in [0.15, 0.2) is 0 Å². The summed E-state index contributed by atoms with van der Waals surface area (Å²) in [5.74, 6) is 1.88. The zero-order valence-electron chi connectivity index (χ0n) is 9.90. The van der Waals surface area contributed by atoms with Crippen LogP contribution in [0.5, 0.6) is 0 Å². The van der Waals surface area contributed by atoms with Crippen LogP contribution in [-0.2, 0) is 21.6 Å². The van der Waals surface area contributed by atoms with Crippen LogP contribution in [0.2, 0.25) is 0 Å². The summed E-state index contributed by atoms with van der Waals surface area (Å²) < 4.78 is 20.7. The Morgan fingerprint density at radius 2 is 1.67 bits per heavy atom. The molecule has 3 unspecified atom stereocenters. The molecule has 0 heterocycles. The minimum atomic E-state index is -0.676. The zero-order chi connectivity index (χ0) is 12.3. The first-order chi connectivity index (χ1) is 6.93. The Kier molecular flexibility index (Phi) is 14.4. The summed E-state index contributed by atoms with van der Waals surface area (Å²) in [6.07, 6.45) is 4.27. The topological polar surface area (TPSA) is 86.2 Å². The van der Waals surface area contributed by atoms with E-state index in [2.05, 4.69) is 0 Å². The van der Waals surface area contributed by atoms with Crippen LogP contribution in [0.3, 0.4) is 0 Å². The van der Waals surface area contributed by atoms with Gasteiger partial charge in [-0.05, 0) is 25.4 Å². The third kappa shape index (κ3) is 20.3. The van der Waals surface area contributed by atoms with Gasteiger partial charge in [0.05, 0.1) is 0 Å². The van der Waals surface area contributed by atoms with Crippen LogP contribution in [0.25, 0.3) is 0 Å². The highest BCUT2D eigenvalue weighted by molar-refractivity contribution is 7.84. The van der Waals surface area contributed by atoms with E-state index in [-0.39, 0.29) is 0 Å². The van der Waals surface area contributed by atoms with Crippen molar-refractivity contribution in [2.45, 2.75) is 13.3 Å². The molecule has 6 heteroatoms. The van der Waals surface area contributed by atoms with E-state index < -0.39 is 21.6 Å². The Morgan fingerprint density at radius 1 is 1.13 bits per heavy atom. The van der Waals surface area contributed by atoms with Gasteiger partial charge < -0.3 is 11.5 Å². The van der Waals surface area contributed by atoms with Gasteiger partial charge in [-0.25, -0.2) is 0 Å². The second kappa shape index (κ2) is 12.3. The zero-order valence-corrected chi connectivity index (χ0v) is 11.5. The van der Waals surface area contributed by atoms with Crippen LogP contribution in [-0.4, -0.2) is 45.5 Å². The van der Waals surface area contributed by atoms with E-state index in [0.717, 1.165) is 17.9 Å². The number of rotatable bonds is 6. The highest BCUT2D eigenvalue weighted by atomic mass is 32.2. The molecule has 0 aliphatic heterocycles. The molecule has 15 heavy (non-hydrogen) atoms. The van der Waals surface area contributed by atoms with E-state index in [1.54, 1.807) is 12.5 Å². The monoisotopic (exact) mass is 256 g/mol. The Hall–Kier alpha value is 0.220. The van der Waals surface area contributed by atoms with E-state index >= 15 is 0 Å². The molecule has 0 fully saturated rings. The Morgan fingerprint density at radius 3 is 1.80 bits per heavy atom. The van der Waals surface area contributed by atoms with Crippen molar-refractivity contribution >= 4 is 21.6 Å². The third-order valence-corrected chi connectivity index (χ3v) is 3.46. The predicted octanol–water partition coefficient (Wildman–Crippen LogP) is -0.327. The summed E-state index contributed by atoms with van der Waals surface area (Å²) in [4.78, 5) is 0. The molecule has 0 radical (unpaired) electrons. The lowest BCUT2D eigenvalue weighted by Crippen LogP contribution is -2.16. The second-order valence-corrected chi connectivity index (χ2v) is 6.53. The molecule has 0 aliphatic carbocycles. The van der Waals surface area contributed by atoms with Gasteiger partial charge in [-0.2, -0.15) is 0 Å². The van der Waals surface area contributed by atoms with Crippen LogP contribution in [0, 0.1) is 5.92 Å². The van der Waals surface area contributed by atoms with Crippen LogP contribution < -0.4 is 11.5 Å². The van der Waals surface area contributed by atoms with Gasteiger partial charge in [-0.3, -0.25) is 8.42 Å². The summed E-state index contributed by atoms with van der Waals surface area (Å²) in [7, 11) is -1.32. The van der Waals surface area contributed by atoms with Crippen LogP contribution in [0.1, 0.15) is 13.3 Å². The molecular formula is C9H24N2O2S2. The maximum Gasteiger partial charge on any atom is 0.0269 e. The fourth-order valence-electron chi connectivity index (χ4n) is 0.755.